The minimum Gasteiger partial charge on any atom is -0.507 e. The maximum atomic E-state index is 10.3. The van der Waals surface area contributed by atoms with Gasteiger partial charge in [0.05, 0.1) is 4.47 Å². The molecule has 2 rings (SSSR count). The second-order valence-corrected chi connectivity index (χ2v) is 5.89. The lowest BCUT2D eigenvalue weighted by Crippen LogP contribution is -1.98. The van der Waals surface area contributed by atoms with Crippen LogP contribution >= 0.6 is 15.9 Å². The summed E-state index contributed by atoms with van der Waals surface area (Å²) in [5.41, 5.74) is 7.12. The summed E-state index contributed by atoms with van der Waals surface area (Å²) < 4.78 is 2.84. The lowest BCUT2D eigenvalue weighted by Gasteiger charge is -2.16. The number of hydrogen-bond acceptors (Lipinski definition) is 2. The molecular weight excluding hydrogens is 304 g/mol. The minimum absolute atomic E-state index is 0.369. The van der Waals surface area contributed by atoms with Crippen molar-refractivity contribution in [3.63, 3.8) is 0 Å². The van der Waals surface area contributed by atoms with Crippen LogP contribution in [0.25, 0.3) is 11.3 Å². The zero-order valence-electron chi connectivity index (χ0n) is 12.2. The van der Waals surface area contributed by atoms with E-state index in [-0.39, 0.29) is 0 Å². The number of phenolic OH excluding ortho intramolecular Hbond substituents is 1. The van der Waals surface area contributed by atoms with Crippen molar-refractivity contribution < 1.29 is 5.11 Å². The van der Waals surface area contributed by atoms with E-state index >= 15 is 0 Å². The highest BCUT2D eigenvalue weighted by Gasteiger charge is 2.21. The van der Waals surface area contributed by atoms with Crippen LogP contribution in [0.2, 0.25) is 0 Å². The number of rotatable bonds is 1. The number of aromatic nitrogens is 2. The van der Waals surface area contributed by atoms with Gasteiger partial charge in [0.2, 0.25) is 0 Å². The Bertz CT molecular complexity index is 643. The molecule has 1 aromatic carbocycles. The fourth-order valence-corrected chi connectivity index (χ4v) is 2.96. The van der Waals surface area contributed by atoms with Gasteiger partial charge in [0.25, 0.3) is 0 Å². The predicted molar refractivity (Wildman–Crippen MR) is 81.7 cm³/mol. The molecular formula is C15H19BrN2O. The van der Waals surface area contributed by atoms with Crippen molar-refractivity contribution in [1.29, 1.82) is 0 Å². The number of benzene rings is 1. The van der Waals surface area contributed by atoms with Crippen molar-refractivity contribution in [1.82, 2.24) is 9.78 Å². The highest BCUT2D eigenvalue weighted by molar-refractivity contribution is 9.10. The molecule has 19 heavy (non-hydrogen) atoms. The molecule has 0 radical (unpaired) electrons. The fourth-order valence-electron chi connectivity index (χ4n) is 2.42. The van der Waals surface area contributed by atoms with Gasteiger partial charge in [-0.1, -0.05) is 0 Å². The van der Waals surface area contributed by atoms with Crippen molar-refractivity contribution in [2.45, 2.75) is 34.6 Å². The molecule has 0 amide bonds. The van der Waals surface area contributed by atoms with Crippen molar-refractivity contribution in [2.24, 2.45) is 7.05 Å². The average molecular weight is 323 g/mol. The molecule has 2 aromatic rings. The Labute approximate surface area is 122 Å². The van der Waals surface area contributed by atoms with Gasteiger partial charge >= 0.3 is 0 Å². The zero-order chi connectivity index (χ0) is 14.5. The van der Waals surface area contributed by atoms with E-state index in [0.29, 0.717) is 5.75 Å². The zero-order valence-corrected chi connectivity index (χ0v) is 13.8. The maximum absolute atomic E-state index is 10.3. The van der Waals surface area contributed by atoms with Gasteiger partial charge in [-0.25, -0.2) is 0 Å². The van der Waals surface area contributed by atoms with Crippen molar-refractivity contribution >= 4 is 15.9 Å². The first kappa shape index (κ1) is 14.1. The summed E-state index contributed by atoms with van der Waals surface area (Å²) in [5, 5.41) is 14.8. The summed E-state index contributed by atoms with van der Waals surface area (Å²) in [4.78, 5) is 0. The normalized spacial score (nSPS) is 11.1. The first-order valence-corrected chi connectivity index (χ1v) is 7.05. The van der Waals surface area contributed by atoms with Crippen LogP contribution in [-0.2, 0) is 7.05 Å². The molecule has 0 spiro atoms. The summed E-state index contributed by atoms with van der Waals surface area (Å²) >= 11 is 3.61. The number of nitrogens with zero attached hydrogens (tertiary/aromatic N) is 2. The summed E-state index contributed by atoms with van der Waals surface area (Å²) in [6.07, 6.45) is 0. The highest BCUT2D eigenvalue weighted by Crippen LogP contribution is 2.40. The summed E-state index contributed by atoms with van der Waals surface area (Å²) in [5.74, 6) is 0.369. The van der Waals surface area contributed by atoms with Crippen LogP contribution in [0.3, 0.4) is 0 Å². The number of aryl methyl sites for hydroxylation is 1. The number of aromatic hydroxyl groups is 1. The van der Waals surface area contributed by atoms with Gasteiger partial charge < -0.3 is 5.11 Å². The Kier molecular flexibility index (Phi) is 3.47. The van der Waals surface area contributed by atoms with Gasteiger partial charge in [0.1, 0.15) is 11.4 Å². The van der Waals surface area contributed by atoms with Crippen LogP contribution in [0, 0.1) is 34.6 Å². The van der Waals surface area contributed by atoms with Gasteiger partial charge in [-0.3, -0.25) is 4.68 Å². The Hall–Kier alpha value is -1.29. The Morgan fingerprint density at radius 3 is 2.00 bits per heavy atom. The second kappa shape index (κ2) is 4.67. The van der Waals surface area contributed by atoms with Gasteiger partial charge in [0.15, 0.2) is 0 Å². The van der Waals surface area contributed by atoms with E-state index in [2.05, 4.69) is 28.0 Å². The van der Waals surface area contributed by atoms with Crippen LogP contribution in [0.1, 0.15) is 27.9 Å². The van der Waals surface area contributed by atoms with Crippen molar-refractivity contribution in [2.75, 3.05) is 0 Å². The second-order valence-electron chi connectivity index (χ2n) is 5.10. The van der Waals surface area contributed by atoms with E-state index in [4.69, 9.17) is 0 Å². The molecule has 0 aliphatic heterocycles. The lowest BCUT2D eigenvalue weighted by molar-refractivity contribution is 0.466. The first-order valence-electron chi connectivity index (χ1n) is 6.26. The highest BCUT2D eigenvalue weighted by atomic mass is 79.9. The van der Waals surface area contributed by atoms with Crippen LogP contribution in [0.4, 0.5) is 0 Å². The summed E-state index contributed by atoms with van der Waals surface area (Å²) in [6, 6.07) is 0. The monoisotopic (exact) mass is 322 g/mol. The largest absolute Gasteiger partial charge is 0.507 e. The molecule has 0 atom stereocenters. The van der Waals surface area contributed by atoms with Crippen molar-refractivity contribution in [3.05, 3.63) is 32.4 Å². The molecule has 0 saturated carbocycles. The standard InChI is InChI=1S/C15H19BrN2O/c1-7-8(2)12(10(4)15(19)9(7)3)14-13(16)11(5)18(6)17-14/h19H,1-6H3. The molecule has 102 valence electrons. The van der Waals surface area contributed by atoms with E-state index < -0.39 is 0 Å². The molecule has 4 heteroatoms. The van der Waals surface area contributed by atoms with Crippen LogP contribution in [-0.4, -0.2) is 14.9 Å². The van der Waals surface area contributed by atoms with E-state index in [1.54, 1.807) is 0 Å². The SMILES string of the molecule is Cc1c(C)c(O)c(C)c(-c2nn(C)c(C)c2Br)c1C. The Morgan fingerprint density at radius 1 is 0.947 bits per heavy atom. The molecule has 1 heterocycles. The third kappa shape index (κ3) is 1.98. The van der Waals surface area contributed by atoms with E-state index in [9.17, 15) is 5.11 Å². The van der Waals surface area contributed by atoms with Gasteiger partial charge in [-0.15, -0.1) is 0 Å². The first-order chi connectivity index (χ1) is 8.77. The molecule has 0 aliphatic carbocycles. The fraction of sp³-hybridized carbons (Fsp3) is 0.400. The smallest absolute Gasteiger partial charge is 0.122 e. The lowest BCUT2D eigenvalue weighted by atomic mass is 9.91. The molecule has 0 saturated heterocycles. The number of phenols is 1. The molecule has 0 bridgehead atoms. The Morgan fingerprint density at radius 2 is 1.53 bits per heavy atom. The van der Waals surface area contributed by atoms with Crippen molar-refractivity contribution in [3.8, 4) is 17.0 Å². The molecule has 1 N–H and O–H groups in total. The van der Waals surface area contributed by atoms with Crippen LogP contribution in [0.5, 0.6) is 5.75 Å². The third-order valence-electron chi connectivity index (χ3n) is 4.08. The topological polar surface area (TPSA) is 38.1 Å². The van der Waals surface area contributed by atoms with Gasteiger partial charge in [-0.2, -0.15) is 5.10 Å². The molecule has 3 nitrogen and oxygen atoms in total. The molecule has 0 unspecified atom stereocenters. The quantitative estimate of drug-likeness (QED) is 0.858. The van der Waals surface area contributed by atoms with E-state index in [0.717, 1.165) is 38.1 Å². The minimum atomic E-state index is 0.369. The van der Waals surface area contributed by atoms with Crippen LogP contribution in [0.15, 0.2) is 4.47 Å². The number of halogens is 1. The summed E-state index contributed by atoms with van der Waals surface area (Å²) in [7, 11) is 1.93. The van der Waals surface area contributed by atoms with Crippen LogP contribution < -0.4 is 0 Å². The van der Waals surface area contributed by atoms with E-state index in [1.165, 1.54) is 5.56 Å². The maximum Gasteiger partial charge on any atom is 0.122 e. The van der Waals surface area contributed by atoms with Gasteiger partial charge in [-0.05, 0) is 67.2 Å². The molecule has 0 aliphatic rings. The number of hydrogen-bond donors (Lipinski definition) is 1. The molecule has 1 aromatic heterocycles. The predicted octanol–water partition coefficient (Wildman–Crippen LogP) is 4.10. The van der Waals surface area contributed by atoms with Gasteiger partial charge in [0, 0.05) is 23.9 Å². The molecule has 0 fully saturated rings. The summed E-state index contributed by atoms with van der Waals surface area (Å²) in [6.45, 7) is 10.0. The average Bonchev–Trinajstić information content (AvgIpc) is 2.62. The Balaban J connectivity index is 2.87. The van der Waals surface area contributed by atoms with E-state index in [1.807, 2.05) is 39.4 Å². The third-order valence-corrected chi connectivity index (χ3v) is 5.03.